The summed E-state index contributed by atoms with van der Waals surface area (Å²) in [4.78, 5) is 29.1. The first kappa shape index (κ1) is 31.2. The van der Waals surface area contributed by atoms with Crippen molar-refractivity contribution >= 4 is 39.1 Å². The quantitative estimate of drug-likeness (QED) is 0.307. The molecule has 9 heteroatoms. The number of benzene rings is 3. The van der Waals surface area contributed by atoms with Crippen LogP contribution in [0, 0.1) is 0 Å². The van der Waals surface area contributed by atoms with E-state index in [0.717, 1.165) is 17.4 Å². The van der Waals surface area contributed by atoms with Crippen molar-refractivity contribution in [2.24, 2.45) is 0 Å². The molecule has 0 fully saturated rings. The van der Waals surface area contributed by atoms with Crippen molar-refractivity contribution in [2.75, 3.05) is 17.1 Å². The first-order valence-electron chi connectivity index (χ1n) is 13.3. The second kappa shape index (κ2) is 13.8. The van der Waals surface area contributed by atoms with Crippen LogP contribution in [-0.4, -0.2) is 49.5 Å². The highest BCUT2D eigenvalue weighted by Gasteiger charge is 2.32. The van der Waals surface area contributed by atoms with Gasteiger partial charge in [0.15, 0.2) is 0 Å². The number of amides is 2. The molecule has 0 spiro atoms. The number of carbonyl (C=O) groups is 2. The zero-order chi connectivity index (χ0) is 29.3. The highest BCUT2D eigenvalue weighted by molar-refractivity contribution is 7.92. The molecule has 0 radical (unpaired) electrons. The first-order valence-corrected chi connectivity index (χ1v) is 15.5. The van der Waals surface area contributed by atoms with Crippen molar-refractivity contribution in [2.45, 2.75) is 58.2 Å². The number of hydrogen-bond donors (Lipinski definition) is 1. The van der Waals surface area contributed by atoms with Gasteiger partial charge in [-0.05, 0) is 56.5 Å². The number of carbonyl (C=O) groups excluding carboxylic acids is 2. The highest BCUT2D eigenvalue weighted by Crippen LogP contribution is 2.23. The normalized spacial score (nSPS) is 12.4. The molecule has 0 heterocycles. The lowest BCUT2D eigenvalue weighted by Crippen LogP contribution is -2.54. The second-order valence-electron chi connectivity index (χ2n) is 10.9. The molecule has 1 unspecified atom stereocenters. The average Bonchev–Trinajstić information content (AvgIpc) is 2.88. The lowest BCUT2D eigenvalue weighted by molar-refractivity contribution is -0.142. The van der Waals surface area contributed by atoms with Gasteiger partial charge in [0.25, 0.3) is 0 Å². The van der Waals surface area contributed by atoms with E-state index >= 15 is 0 Å². The first-order chi connectivity index (χ1) is 18.8. The summed E-state index contributed by atoms with van der Waals surface area (Å²) < 4.78 is 26.4. The molecule has 7 nitrogen and oxygen atoms in total. The maximum absolute atomic E-state index is 13.8. The molecule has 1 atom stereocenters. The van der Waals surface area contributed by atoms with Gasteiger partial charge < -0.3 is 10.2 Å². The van der Waals surface area contributed by atoms with Gasteiger partial charge in [-0.3, -0.25) is 13.9 Å². The van der Waals surface area contributed by atoms with E-state index in [-0.39, 0.29) is 37.7 Å². The van der Waals surface area contributed by atoms with Crippen molar-refractivity contribution < 1.29 is 18.0 Å². The molecule has 1 N–H and O–H groups in total. The van der Waals surface area contributed by atoms with E-state index in [0.29, 0.717) is 17.1 Å². The number of nitrogens with one attached hydrogen (secondary N) is 1. The van der Waals surface area contributed by atoms with Crippen LogP contribution in [0.3, 0.4) is 0 Å². The Bertz CT molecular complexity index is 1380. The molecule has 0 bridgehead atoms. The summed E-state index contributed by atoms with van der Waals surface area (Å²) in [6, 6.07) is 25.0. The van der Waals surface area contributed by atoms with Gasteiger partial charge >= 0.3 is 0 Å². The van der Waals surface area contributed by atoms with Crippen molar-refractivity contribution in [3.63, 3.8) is 0 Å². The Morgan fingerprint density at radius 2 is 1.50 bits per heavy atom. The van der Waals surface area contributed by atoms with Crippen molar-refractivity contribution in [1.82, 2.24) is 10.2 Å². The molecule has 0 aromatic heterocycles. The number of hydrogen-bond acceptors (Lipinski definition) is 4. The Morgan fingerprint density at radius 1 is 0.900 bits per heavy atom. The maximum atomic E-state index is 13.8. The van der Waals surface area contributed by atoms with Gasteiger partial charge in [0.1, 0.15) is 6.04 Å². The zero-order valence-corrected chi connectivity index (χ0v) is 25.1. The fourth-order valence-electron chi connectivity index (χ4n) is 4.42. The van der Waals surface area contributed by atoms with Gasteiger partial charge in [0, 0.05) is 36.5 Å². The smallest absolute Gasteiger partial charge is 0.243 e. The van der Waals surface area contributed by atoms with Crippen molar-refractivity contribution in [3.8, 4) is 0 Å². The second-order valence-corrected chi connectivity index (χ2v) is 13.2. The lowest BCUT2D eigenvalue weighted by Gasteiger charge is -2.34. The summed E-state index contributed by atoms with van der Waals surface area (Å²) in [6.45, 7) is 6.07. The number of rotatable bonds is 12. The van der Waals surface area contributed by atoms with Crippen molar-refractivity contribution in [3.05, 3.63) is 101 Å². The van der Waals surface area contributed by atoms with E-state index in [1.54, 1.807) is 29.2 Å². The summed E-state index contributed by atoms with van der Waals surface area (Å²) in [6.07, 6.45) is 1.81. The fraction of sp³-hybridized carbons (Fsp3) is 0.355. The molecule has 3 rings (SSSR count). The third kappa shape index (κ3) is 9.68. The topological polar surface area (TPSA) is 86.8 Å². The molecule has 3 aromatic rings. The Labute approximate surface area is 243 Å². The van der Waals surface area contributed by atoms with E-state index in [9.17, 15) is 18.0 Å². The van der Waals surface area contributed by atoms with Gasteiger partial charge in [-0.15, -0.1) is 0 Å². The summed E-state index contributed by atoms with van der Waals surface area (Å²) >= 11 is 6.10. The van der Waals surface area contributed by atoms with Crippen molar-refractivity contribution in [1.29, 1.82) is 0 Å². The fourth-order valence-corrected chi connectivity index (χ4v) is 5.56. The Hall–Kier alpha value is -3.36. The van der Waals surface area contributed by atoms with Gasteiger partial charge in [-0.1, -0.05) is 78.3 Å². The van der Waals surface area contributed by atoms with Crippen LogP contribution in [0.25, 0.3) is 0 Å². The minimum atomic E-state index is -3.61. The molecule has 0 aliphatic carbocycles. The van der Waals surface area contributed by atoms with Gasteiger partial charge in [0.2, 0.25) is 21.8 Å². The predicted molar refractivity (Wildman–Crippen MR) is 162 cm³/mol. The SMILES string of the molecule is CC(C)(C)NC(=O)C(Cc1ccccc1)N(Cc1ccccc1)C(=O)CCCN(c1cccc(Cl)c1)S(C)(=O)=O. The molecule has 214 valence electrons. The van der Waals surface area contributed by atoms with Gasteiger partial charge in [-0.2, -0.15) is 0 Å². The van der Waals surface area contributed by atoms with Crippen LogP contribution in [0.4, 0.5) is 5.69 Å². The molecule has 0 saturated heterocycles. The monoisotopic (exact) mass is 583 g/mol. The minimum Gasteiger partial charge on any atom is -0.350 e. The molecular formula is C31H38ClN3O4S. The van der Waals surface area contributed by atoms with Crippen LogP contribution in [0.2, 0.25) is 5.02 Å². The molecule has 0 aliphatic heterocycles. The van der Waals surface area contributed by atoms with Crippen LogP contribution in [-0.2, 0) is 32.6 Å². The van der Waals surface area contributed by atoms with Gasteiger partial charge in [-0.25, -0.2) is 8.42 Å². The van der Waals surface area contributed by atoms with E-state index in [1.165, 1.54) is 4.31 Å². The highest BCUT2D eigenvalue weighted by atomic mass is 35.5. The van der Waals surface area contributed by atoms with Crippen LogP contribution in [0.1, 0.15) is 44.7 Å². The van der Waals surface area contributed by atoms with E-state index in [2.05, 4.69) is 5.32 Å². The number of nitrogens with zero attached hydrogens (tertiary/aromatic N) is 2. The maximum Gasteiger partial charge on any atom is 0.243 e. The van der Waals surface area contributed by atoms with Crippen LogP contribution in [0.5, 0.6) is 0 Å². The average molecular weight is 584 g/mol. The number of anilines is 1. The largest absolute Gasteiger partial charge is 0.350 e. The van der Waals surface area contributed by atoms with Crippen LogP contribution >= 0.6 is 11.6 Å². The van der Waals surface area contributed by atoms with E-state index in [4.69, 9.17) is 11.6 Å². The molecule has 0 saturated carbocycles. The minimum absolute atomic E-state index is 0.0630. The number of sulfonamides is 1. The third-order valence-electron chi connectivity index (χ3n) is 6.21. The summed E-state index contributed by atoms with van der Waals surface area (Å²) in [7, 11) is -3.61. The molecule has 2 amide bonds. The zero-order valence-electron chi connectivity index (χ0n) is 23.5. The van der Waals surface area contributed by atoms with Gasteiger partial charge in [0.05, 0.1) is 11.9 Å². The summed E-state index contributed by atoms with van der Waals surface area (Å²) in [5, 5.41) is 3.47. The lowest BCUT2D eigenvalue weighted by atomic mass is 10.00. The number of halogens is 1. The Balaban J connectivity index is 1.88. The molecule has 0 aliphatic rings. The van der Waals surface area contributed by atoms with E-state index in [1.807, 2.05) is 81.4 Å². The molecule has 40 heavy (non-hydrogen) atoms. The van der Waals surface area contributed by atoms with E-state index < -0.39 is 21.6 Å². The van der Waals surface area contributed by atoms with Crippen LogP contribution < -0.4 is 9.62 Å². The Kier molecular flexibility index (Phi) is 10.8. The Morgan fingerprint density at radius 3 is 2.05 bits per heavy atom. The molecule has 3 aromatic carbocycles. The molecular weight excluding hydrogens is 546 g/mol. The third-order valence-corrected chi connectivity index (χ3v) is 7.64. The summed E-state index contributed by atoms with van der Waals surface area (Å²) in [5.41, 5.74) is 1.79. The predicted octanol–water partition coefficient (Wildman–Crippen LogP) is 5.44. The summed E-state index contributed by atoms with van der Waals surface area (Å²) in [5.74, 6) is -0.467. The van der Waals surface area contributed by atoms with Crippen LogP contribution in [0.15, 0.2) is 84.9 Å². The standard InChI is InChI=1S/C31H38ClN3O4S/c1-31(2,3)33-30(37)28(21-24-13-7-5-8-14-24)34(23-25-15-9-6-10-16-25)29(36)19-12-20-35(40(4,38)39)27-18-11-17-26(32)22-27/h5-11,13-18,22,28H,12,19-21,23H2,1-4H3,(H,33,37).